The molecule has 6 heteroatoms. The number of likely N-dealkylation sites (tertiary alicyclic amines) is 1. The van der Waals surface area contributed by atoms with E-state index in [-0.39, 0.29) is 11.9 Å². The van der Waals surface area contributed by atoms with Gasteiger partial charge < -0.3 is 19.5 Å². The number of nitrogens with zero attached hydrogens (tertiary/aromatic N) is 1. The van der Waals surface area contributed by atoms with Crippen LogP contribution in [0.5, 0.6) is 17.2 Å². The van der Waals surface area contributed by atoms with Gasteiger partial charge in [0.25, 0.3) is 0 Å². The number of methoxy groups -OCH3 is 3. The normalized spacial score (nSPS) is 14.9. The van der Waals surface area contributed by atoms with Crippen molar-refractivity contribution in [2.24, 2.45) is 0 Å². The van der Waals surface area contributed by atoms with Crippen molar-refractivity contribution in [1.82, 2.24) is 10.2 Å². The summed E-state index contributed by atoms with van der Waals surface area (Å²) in [7, 11) is 4.93. The molecule has 1 aliphatic rings. The Bertz CT molecular complexity index is 794. The largest absolute Gasteiger partial charge is 0.497 e. The highest BCUT2D eigenvalue weighted by Gasteiger charge is 2.24. The fourth-order valence-electron chi connectivity index (χ4n) is 3.90. The van der Waals surface area contributed by atoms with Crippen LogP contribution in [-0.4, -0.2) is 51.8 Å². The lowest BCUT2D eigenvalue weighted by Crippen LogP contribution is -2.36. The highest BCUT2D eigenvalue weighted by Crippen LogP contribution is 2.26. The Balaban J connectivity index is 1.58. The Hall–Kier alpha value is -2.73. The van der Waals surface area contributed by atoms with Gasteiger partial charge in [0.05, 0.1) is 27.4 Å². The van der Waals surface area contributed by atoms with Crippen molar-refractivity contribution < 1.29 is 19.0 Å². The fourth-order valence-corrected chi connectivity index (χ4v) is 3.90. The van der Waals surface area contributed by atoms with Crippen molar-refractivity contribution in [3.05, 3.63) is 53.6 Å². The number of benzene rings is 2. The molecule has 2 aromatic rings. The quantitative estimate of drug-likeness (QED) is 0.646. The van der Waals surface area contributed by atoms with E-state index >= 15 is 0 Å². The first-order valence-electron chi connectivity index (χ1n) is 10.5. The predicted molar refractivity (Wildman–Crippen MR) is 117 cm³/mol. The molecule has 1 saturated heterocycles. The van der Waals surface area contributed by atoms with E-state index < -0.39 is 0 Å². The average molecular weight is 413 g/mol. The maximum absolute atomic E-state index is 12.6. The summed E-state index contributed by atoms with van der Waals surface area (Å²) in [6, 6.07) is 14.1. The molecule has 0 bridgehead atoms. The summed E-state index contributed by atoms with van der Waals surface area (Å²) < 4.78 is 15.9. The van der Waals surface area contributed by atoms with Crippen LogP contribution in [0.4, 0.5) is 0 Å². The third kappa shape index (κ3) is 5.89. The molecule has 3 rings (SSSR count). The van der Waals surface area contributed by atoms with E-state index in [0.717, 1.165) is 35.9 Å². The second kappa shape index (κ2) is 10.9. The Labute approximate surface area is 179 Å². The maximum atomic E-state index is 12.6. The van der Waals surface area contributed by atoms with Crippen LogP contribution in [0.1, 0.15) is 36.4 Å². The molecule has 0 saturated carbocycles. The summed E-state index contributed by atoms with van der Waals surface area (Å²) in [6.45, 7) is 2.74. The van der Waals surface area contributed by atoms with Gasteiger partial charge in [0.2, 0.25) is 5.91 Å². The van der Waals surface area contributed by atoms with Crippen LogP contribution in [0.25, 0.3) is 0 Å². The third-order valence-electron chi connectivity index (χ3n) is 5.63. The molecule has 1 aliphatic heterocycles. The summed E-state index contributed by atoms with van der Waals surface area (Å²) >= 11 is 0. The minimum absolute atomic E-state index is 0.0505. The molecule has 1 atom stereocenters. The number of rotatable bonds is 10. The summed E-state index contributed by atoms with van der Waals surface area (Å²) in [5.74, 6) is 2.36. The van der Waals surface area contributed by atoms with Crippen molar-refractivity contribution in [3.8, 4) is 17.2 Å². The van der Waals surface area contributed by atoms with Gasteiger partial charge in [-0.25, -0.2) is 0 Å². The highest BCUT2D eigenvalue weighted by atomic mass is 16.5. The van der Waals surface area contributed by atoms with Crippen LogP contribution in [0.3, 0.4) is 0 Å². The molecule has 0 aliphatic carbocycles. The van der Waals surface area contributed by atoms with Gasteiger partial charge in [-0.05, 0) is 67.7 Å². The Morgan fingerprint density at radius 3 is 2.10 bits per heavy atom. The van der Waals surface area contributed by atoms with Gasteiger partial charge in [-0.1, -0.05) is 12.1 Å². The molecule has 30 heavy (non-hydrogen) atoms. The van der Waals surface area contributed by atoms with Crippen LogP contribution < -0.4 is 19.5 Å². The summed E-state index contributed by atoms with van der Waals surface area (Å²) in [6.07, 6.45) is 3.47. The summed E-state index contributed by atoms with van der Waals surface area (Å²) in [5.41, 5.74) is 2.23. The monoisotopic (exact) mass is 412 g/mol. The smallest absolute Gasteiger partial charge is 0.220 e. The third-order valence-corrected chi connectivity index (χ3v) is 5.63. The first-order valence-corrected chi connectivity index (χ1v) is 10.5. The number of carbonyl (C=O) groups excluding carboxylic acids is 1. The van der Waals surface area contributed by atoms with Crippen molar-refractivity contribution in [3.63, 3.8) is 0 Å². The van der Waals surface area contributed by atoms with Crippen LogP contribution in [0.15, 0.2) is 42.5 Å². The molecule has 0 aromatic heterocycles. The fraction of sp³-hybridized carbons (Fsp3) is 0.458. The van der Waals surface area contributed by atoms with Crippen LogP contribution >= 0.6 is 0 Å². The zero-order valence-corrected chi connectivity index (χ0v) is 18.1. The van der Waals surface area contributed by atoms with E-state index in [2.05, 4.69) is 22.3 Å². The first-order chi connectivity index (χ1) is 14.6. The second-order valence-corrected chi connectivity index (χ2v) is 7.56. The van der Waals surface area contributed by atoms with E-state index in [9.17, 15) is 4.79 Å². The van der Waals surface area contributed by atoms with E-state index in [1.807, 2.05) is 30.3 Å². The zero-order valence-electron chi connectivity index (χ0n) is 18.1. The number of amides is 1. The number of ether oxygens (including phenoxy) is 3. The lowest BCUT2D eigenvalue weighted by Gasteiger charge is -2.28. The van der Waals surface area contributed by atoms with E-state index in [0.29, 0.717) is 19.4 Å². The Kier molecular flexibility index (Phi) is 7.97. The van der Waals surface area contributed by atoms with Crippen molar-refractivity contribution in [2.75, 3.05) is 41.0 Å². The number of hydrogen-bond donors (Lipinski definition) is 1. The van der Waals surface area contributed by atoms with E-state index in [1.165, 1.54) is 18.4 Å². The lowest BCUT2D eigenvalue weighted by atomic mass is 10.0. The molecule has 0 radical (unpaired) electrons. The standard InChI is InChI=1S/C24H32N2O4/c1-28-20-9-7-19(8-10-20)23(26-12-4-5-13-26)17-25-24(27)11-6-18-14-21(29-2)16-22(15-18)30-3/h7-10,14-16,23H,4-6,11-13,17H2,1-3H3,(H,25,27). The molecule has 1 N–H and O–H groups in total. The van der Waals surface area contributed by atoms with Gasteiger partial charge in [-0.15, -0.1) is 0 Å². The van der Waals surface area contributed by atoms with Gasteiger partial charge in [0, 0.05) is 19.0 Å². The molecular formula is C24H32N2O4. The second-order valence-electron chi connectivity index (χ2n) is 7.56. The molecular weight excluding hydrogens is 380 g/mol. The van der Waals surface area contributed by atoms with E-state index in [1.54, 1.807) is 21.3 Å². The molecule has 0 spiro atoms. The SMILES string of the molecule is COc1ccc(C(CNC(=O)CCc2cc(OC)cc(OC)c2)N2CCCC2)cc1. The number of nitrogens with one attached hydrogen (secondary N) is 1. The zero-order chi connectivity index (χ0) is 21.3. The van der Waals surface area contributed by atoms with Crippen LogP contribution in [-0.2, 0) is 11.2 Å². The first kappa shape index (κ1) is 22.0. The number of hydrogen-bond acceptors (Lipinski definition) is 5. The molecule has 2 aromatic carbocycles. The number of carbonyl (C=O) groups is 1. The van der Waals surface area contributed by atoms with Gasteiger partial charge in [-0.2, -0.15) is 0 Å². The summed E-state index contributed by atoms with van der Waals surface area (Å²) in [5, 5.41) is 3.14. The molecule has 1 amide bonds. The van der Waals surface area contributed by atoms with Crippen LogP contribution in [0, 0.1) is 0 Å². The molecule has 6 nitrogen and oxygen atoms in total. The maximum Gasteiger partial charge on any atom is 0.220 e. The van der Waals surface area contributed by atoms with Gasteiger partial charge in [0.1, 0.15) is 17.2 Å². The van der Waals surface area contributed by atoms with Gasteiger partial charge in [0.15, 0.2) is 0 Å². The molecule has 1 unspecified atom stereocenters. The van der Waals surface area contributed by atoms with Gasteiger partial charge >= 0.3 is 0 Å². The average Bonchev–Trinajstić information content (AvgIpc) is 3.32. The van der Waals surface area contributed by atoms with Crippen molar-refractivity contribution >= 4 is 5.91 Å². The minimum atomic E-state index is 0.0505. The number of aryl methyl sites for hydroxylation is 1. The van der Waals surface area contributed by atoms with Crippen molar-refractivity contribution in [1.29, 1.82) is 0 Å². The topological polar surface area (TPSA) is 60.0 Å². The predicted octanol–water partition coefficient (Wildman–Crippen LogP) is 3.60. The Morgan fingerprint density at radius 1 is 0.933 bits per heavy atom. The van der Waals surface area contributed by atoms with E-state index in [4.69, 9.17) is 14.2 Å². The molecule has 162 valence electrons. The summed E-state index contributed by atoms with van der Waals surface area (Å²) in [4.78, 5) is 15.0. The van der Waals surface area contributed by atoms with Crippen LogP contribution in [0.2, 0.25) is 0 Å². The van der Waals surface area contributed by atoms with Gasteiger partial charge in [-0.3, -0.25) is 9.69 Å². The highest BCUT2D eigenvalue weighted by molar-refractivity contribution is 5.76. The van der Waals surface area contributed by atoms with Crippen molar-refractivity contribution in [2.45, 2.75) is 31.7 Å². The minimum Gasteiger partial charge on any atom is -0.497 e. The Morgan fingerprint density at radius 2 is 1.53 bits per heavy atom. The molecule has 1 fully saturated rings. The lowest BCUT2D eigenvalue weighted by molar-refractivity contribution is -0.121. The molecule has 1 heterocycles.